The maximum atomic E-state index is 3.82. The molecule has 0 fully saturated rings. The molecule has 0 rings (SSSR count). The highest BCUT2D eigenvalue weighted by atomic mass is 14.2. The molecule has 0 heterocycles. The summed E-state index contributed by atoms with van der Waals surface area (Å²) < 4.78 is 0. The highest BCUT2D eigenvalue weighted by molar-refractivity contribution is 5.16. The second-order valence-electron chi connectivity index (χ2n) is 24.3. The largest absolute Gasteiger partial charge is 0.103 e. The molecule has 0 aromatic carbocycles. The molecular formula is C74H136. The van der Waals surface area contributed by atoms with Crippen LogP contribution in [0.3, 0.4) is 0 Å². The number of hydrogen-bond acceptors (Lipinski definition) is 0. The molecule has 0 radical (unpaired) electrons. The second kappa shape index (κ2) is 58.9. The lowest BCUT2D eigenvalue weighted by atomic mass is 9.84. The van der Waals surface area contributed by atoms with Crippen LogP contribution in [0.25, 0.3) is 0 Å². The Morgan fingerprint density at radius 3 is 1.19 bits per heavy atom. The summed E-state index contributed by atoms with van der Waals surface area (Å²) in [7, 11) is 0. The van der Waals surface area contributed by atoms with Gasteiger partial charge in [0.15, 0.2) is 0 Å². The first-order chi connectivity index (χ1) is 34.3. The first kappa shape index (κ1) is 84.6. The van der Waals surface area contributed by atoms with Crippen molar-refractivity contribution in [3.63, 3.8) is 0 Å². The molecule has 1 atom stereocenters. The number of hydrogen-bond donors (Lipinski definition) is 0. The van der Waals surface area contributed by atoms with Crippen molar-refractivity contribution >= 4 is 0 Å². The molecule has 0 bridgehead atoms. The first-order valence-corrected chi connectivity index (χ1v) is 29.6. The van der Waals surface area contributed by atoms with Crippen LogP contribution in [0.1, 0.15) is 289 Å². The summed E-state index contributed by atoms with van der Waals surface area (Å²) in [5.41, 5.74) is 13.0. The molecule has 0 amide bonds. The third-order valence-electron chi connectivity index (χ3n) is 12.3. The van der Waals surface area contributed by atoms with Gasteiger partial charge in [-0.05, 0) is 183 Å². The fourth-order valence-electron chi connectivity index (χ4n) is 6.33. The highest BCUT2D eigenvalue weighted by Crippen LogP contribution is 2.27. The van der Waals surface area contributed by atoms with Crippen LogP contribution < -0.4 is 0 Å². The first-order valence-electron chi connectivity index (χ1n) is 29.6. The van der Waals surface area contributed by atoms with Crippen molar-refractivity contribution in [1.29, 1.82) is 0 Å². The molecule has 0 heteroatoms. The van der Waals surface area contributed by atoms with Crippen LogP contribution in [0.5, 0.6) is 0 Å². The predicted octanol–water partition coefficient (Wildman–Crippen LogP) is 27.0. The fraction of sp³-hybridized carbons (Fsp3) is 0.649. The average Bonchev–Trinajstić information content (AvgIpc) is 3.29. The van der Waals surface area contributed by atoms with E-state index in [-0.39, 0.29) is 0 Å². The van der Waals surface area contributed by atoms with E-state index in [9.17, 15) is 0 Å². The van der Waals surface area contributed by atoms with Gasteiger partial charge >= 0.3 is 0 Å². The van der Waals surface area contributed by atoms with Crippen LogP contribution in [0, 0.1) is 28.6 Å². The zero-order valence-electron chi connectivity index (χ0n) is 55.4. The van der Waals surface area contributed by atoms with Gasteiger partial charge in [-0.2, -0.15) is 0 Å². The third-order valence-corrected chi connectivity index (χ3v) is 12.3. The van der Waals surface area contributed by atoms with E-state index in [0.717, 1.165) is 49.0 Å². The van der Waals surface area contributed by atoms with Gasteiger partial charge in [0.2, 0.25) is 0 Å². The summed E-state index contributed by atoms with van der Waals surface area (Å²) in [4.78, 5) is 0. The van der Waals surface area contributed by atoms with E-state index in [2.05, 4.69) is 255 Å². The molecular weight excluding hydrogens is 889 g/mol. The summed E-state index contributed by atoms with van der Waals surface area (Å²) >= 11 is 0. The Labute approximate surface area is 470 Å². The average molecular weight is 1030 g/mol. The Morgan fingerprint density at radius 1 is 0.446 bits per heavy atom. The minimum Gasteiger partial charge on any atom is -0.103 e. The Kier molecular flexibility index (Phi) is 67.3. The van der Waals surface area contributed by atoms with Gasteiger partial charge in [0, 0.05) is 0 Å². The maximum absolute atomic E-state index is 3.82. The van der Waals surface area contributed by atoms with E-state index in [1.807, 2.05) is 24.3 Å². The molecule has 0 saturated carbocycles. The van der Waals surface area contributed by atoms with E-state index in [1.54, 1.807) is 0 Å². The quantitative estimate of drug-likeness (QED) is 0.0517. The van der Waals surface area contributed by atoms with Crippen molar-refractivity contribution in [2.75, 3.05) is 0 Å². The summed E-state index contributed by atoms with van der Waals surface area (Å²) in [5, 5.41) is 0. The molecule has 0 aliphatic carbocycles. The topological polar surface area (TPSA) is 0 Å². The van der Waals surface area contributed by atoms with Gasteiger partial charge in [0.1, 0.15) is 0 Å². The number of rotatable bonds is 29. The Hall–Kier alpha value is -3.38. The SMILES string of the molecule is C=C/C(C)=C/CC=C(C)C.C=C/C(C)=C\CC=C(C)C.C=CC(=C)CCC=C(C)C.C=CC(C)(C)CCC=C(C)C.CC/C=C(\C)CCC=C(C)C.CCC(C)(C)CCCC(C)C.CCCC(C)CCCC(C)C. The van der Waals surface area contributed by atoms with Gasteiger partial charge in [0.25, 0.3) is 0 Å². The van der Waals surface area contributed by atoms with Crippen molar-refractivity contribution in [2.45, 2.75) is 289 Å². The molecule has 0 aliphatic heterocycles. The third kappa shape index (κ3) is 91.3. The summed E-state index contributed by atoms with van der Waals surface area (Å²) in [5.74, 6) is 2.73. The van der Waals surface area contributed by atoms with Crippen LogP contribution in [0.15, 0.2) is 156 Å². The van der Waals surface area contributed by atoms with Crippen LogP contribution in [0.4, 0.5) is 0 Å². The van der Waals surface area contributed by atoms with E-state index >= 15 is 0 Å². The lowest BCUT2D eigenvalue weighted by Gasteiger charge is -2.22. The smallest absolute Gasteiger partial charge is 0.0161 e. The zero-order chi connectivity index (χ0) is 59.1. The van der Waals surface area contributed by atoms with Crippen LogP contribution in [0.2, 0.25) is 0 Å². The Morgan fingerprint density at radius 2 is 0.851 bits per heavy atom. The second-order valence-corrected chi connectivity index (χ2v) is 24.3. The molecule has 0 spiro atoms. The van der Waals surface area contributed by atoms with Gasteiger partial charge in [-0.15, -0.1) is 6.58 Å². The lowest BCUT2D eigenvalue weighted by Crippen LogP contribution is -2.09. The minimum absolute atomic E-state index is 0.298. The summed E-state index contributed by atoms with van der Waals surface area (Å²) in [6.45, 7) is 73.7. The monoisotopic (exact) mass is 1030 g/mol. The van der Waals surface area contributed by atoms with Crippen molar-refractivity contribution in [2.24, 2.45) is 28.6 Å². The van der Waals surface area contributed by atoms with Gasteiger partial charge in [-0.1, -0.05) is 284 Å². The molecule has 432 valence electrons. The van der Waals surface area contributed by atoms with E-state index < -0.39 is 0 Å². The standard InChI is InChI=1S/C11H24.C11H20.C11H24.C11H20.3C10H16/c2*1-6-11(4,5)9-7-8-10(2)3;2*1-5-7-11(4)9-6-8-10(2)3;3*1-5-10(4)8-6-7-9(2)3/h10H,6-9H2,1-5H3;6,8H,1,7,9H2,2-5H3;10-11H,5-9H2,1-4H3;7-8H,5-6,9H2,1-4H3;2*5,7-8H,1,6H2,2-4H3;5,7H,1,4,6,8H2,2-3H3/b;;;11-7+;10-8+;10-8-;. The van der Waals surface area contributed by atoms with Gasteiger partial charge in [-0.25, -0.2) is 0 Å². The van der Waals surface area contributed by atoms with E-state index in [0.29, 0.717) is 10.8 Å². The molecule has 0 aromatic heterocycles. The Bertz CT molecular complexity index is 1540. The predicted molar refractivity (Wildman–Crippen MR) is 355 cm³/mol. The molecule has 0 aliphatic rings. The fourth-order valence-corrected chi connectivity index (χ4v) is 6.33. The molecule has 74 heavy (non-hydrogen) atoms. The summed E-state index contributed by atoms with van der Waals surface area (Å²) in [6, 6.07) is 0. The lowest BCUT2D eigenvalue weighted by molar-refractivity contribution is 0.301. The molecule has 0 N–H and O–H groups in total. The van der Waals surface area contributed by atoms with Gasteiger partial charge in [-0.3, -0.25) is 0 Å². The molecule has 0 saturated heterocycles. The summed E-state index contributed by atoms with van der Waals surface area (Å²) in [6.07, 6.45) is 48.1. The normalized spacial score (nSPS) is 11.4. The van der Waals surface area contributed by atoms with Crippen molar-refractivity contribution in [1.82, 2.24) is 0 Å². The Balaban J connectivity index is -0.000000142. The van der Waals surface area contributed by atoms with Crippen LogP contribution in [-0.4, -0.2) is 0 Å². The molecule has 1 unspecified atom stereocenters. The van der Waals surface area contributed by atoms with Crippen molar-refractivity contribution in [3.05, 3.63) is 156 Å². The minimum atomic E-state index is 0.298. The van der Waals surface area contributed by atoms with Gasteiger partial charge in [0.05, 0.1) is 0 Å². The highest BCUT2D eigenvalue weighted by Gasteiger charge is 2.14. The zero-order valence-corrected chi connectivity index (χ0v) is 55.4. The maximum Gasteiger partial charge on any atom is -0.0161 e. The van der Waals surface area contributed by atoms with E-state index in [4.69, 9.17) is 0 Å². The van der Waals surface area contributed by atoms with Gasteiger partial charge < -0.3 is 0 Å². The molecule has 0 nitrogen and oxygen atoms in total. The van der Waals surface area contributed by atoms with Crippen LogP contribution in [-0.2, 0) is 0 Å². The molecule has 0 aromatic rings. The van der Waals surface area contributed by atoms with E-state index in [1.165, 1.54) is 134 Å². The van der Waals surface area contributed by atoms with Crippen molar-refractivity contribution < 1.29 is 0 Å². The van der Waals surface area contributed by atoms with Crippen LogP contribution >= 0.6 is 0 Å². The number of allylic oxidation sites excluding steroid dienone is 21. The van der Waals surface area contributed by atoms with Crippen molar-refractivity contribution in [3.8, 4) is 0 Å².